The number of hydrogen-bond acceptors (Lipinski definition) is 3. The standard InChI is InChI=1S/C22H20ClN3OS/c1-2-19(22(27)24-14-17-9-6-12-28-17)26-20-11-10-16(23)13-18(20)21(25-26)15-7-4-3-5-8-15/h3-13,19H,2,14H2,1H3,(H,24,27)/t19-/m1/s1. The van der Waals surface area contributed by atoms with E-state index in [0.29, 0.717) is 18.0 Å². The minimum Gasteiger partial charge on any atom is -0.349 e. The van der Waals surface area contributed by atoms with Crippen molar-refractivity contribution in [3.8, 4) is 11.3 Å². The number of benzene rings is 2. The van der Waals surface area contributed by atoms with Gasteiger partial charge < -0.3 is 5.32 Å². The van der Waals surface area contributed by atoms with Crippen LogP contribution in [0.4, 0.5) is 0 Å². The van der Waals surface area contributed by atoms with Gasteiger partial charge in [-0.15, -0.1) is 11.3 Å². The van der Waals surface area contributed by atoms with Gasteiger partial charge in [0.05, 0.1) is 12.1 Å². The van der Waals surface area contributed by atoms with Crippen molar-refractivity contribution in [2.24, 2.45) is 0 Å². The lowest BCUT2D eigenvalue weighted by Crippen LogP contribution is -2.32. The van der Waals surface area contributed by atoms with E-state index in [9.17, 15) is 4.79 Å². The second-order valence-corrected chi connectivity index (χ2v) is 8.01. The number of fused-ring (bicyclic) bond motifs is 1. The Labute approximate surface area is 172 Å². The summed E-state index contributed by atoms with van der Waals surface area (Å²) in [5.41, 5.74) is 2.74. The van der Waals surface area contributed by atoms with Gasteiger partial charge in [0.2, 0.25) is 5.91 Å². The Morgan fingerprint density at radius 3 is 2.71 bits per heavy atom. The summed E-state index contributed by atoms with van der Waals surface area (Å²) in [5, 5.41) is 11.5. The molecule has 4 nitrogen and oxygen atoms in total. The summed E-state index contributed by atoms with van der Waals surface area (Å²) >= 11 is 7.89. The average molecular weight is 410 g/mol. The molecule has 0 saturated heterocycles. The van der Waals surface area contributed by atoms with Crippen LogP contribution in [0.5, 0.6) is 0 Å². The van der Waals surface area contributed by atoms with E-state index in [0.717, 1.165) is 27.0 Å². The summed E-state index contributed by atoms with van der Waals surface area (Å²) < 4.78 is 1.83. The molecule has 0 spiro atoms. The molecule has 0 bridgehead atoms. The number of rotatable bonds is 6. The molecule has 0 fully saturated rings. The molecule has 0 aliphatic carbocycles. The van der Waals surface area contributed by atoms with Gasteiger partial charge in [-0.3, -0.25) is 9.48 Å². The van der Waals surface area contributed by atoms with Crippen LogP contribution >= 0.6 is 22.9 Å². The zero-order valence-electron chi connectivity index (χ0n) is 15.4. The molecular formula is C22H20ClN3OS. The molecule has 0 saturated carbocycles. The number of nitrogens with one attached hydrogen (secondary N) is 1. The van der Waals surface area contributed by atoms with Crippen LogP contribution < -0.4 is 5.32 Å². The highest BCUT2D eigenvalue weighted by atomic mass is 35.5. The van der Waals surface area contributed by atoms with E-state index in [4.69, 9.17) is 16.7 Å². The van der Waals surface area contributed by atoms with Crippen LogP contribution in [0.1, 0.15) is 24.3 Å². The second kappa shape index (κ2) is 8.17. The first kappa shape index (κ1) is 18.7. The summed E-state index contributed by atoms with van der Waals surface area (Å²) in [6.07, 6.45) is 0.643. The van der Waals surface area contributed by atoms with Crippen molar-refractivity contribution in [3.63, 3.8) is 0 Å². The van der Waals surface area contributed by atoms with Crippen molar-refractivity contribution in [2.45, 2.75) is 25.9 Å². The largest absolute Gasteiger partial charge is 0.349 e. The van der Waals surface area contributed by atoms with E-state index in [1.165, 1.54) is 0 Å². The molecular weight excluding hydrogens is 390 g/mol. The average Bonchev–Trinajstić information content (AvgIpc) is 3.36. The van der Waals surface area contributed by atoms with Crippen LogP contribution in [-0.2, 0) is 11.3 Å². The van der Waals surface area contributed by atoms with Gasteiger partial charge in [0.1, 0.15) is 11.7 Å². The normalized spacial score (nSPS) is 12.2. The highest BCUT2D eigenvalue weighted by Gasteiger charge is 2.23. The third-order valence-corrected chi connectivity index (χ3v) is 5.83. The molecule has 4 aromatic rings. The number of aromatic nitrogens is 2. The van der Waals surface area contributed by atoms with E-state index < -0.39 is 0 Å². The lowest BCUT2D eigenvalue weighted by molar-refractivity contribution is -0.124. The van der Waals surface area contributed by atoms with Crippen LogP contribution in [0.3, 0.4) is 0 Å². The number of carbonyl (C=O) groups is 1. The van der Waals surface area contributed by atoms with Crippen molar-refractivity contribution in [1.82, 2.24) is 15.1 Å². The van der Waals surface area contributed by atoms with Crippen molar-refractivity contribution in [3.05, 3.63) is 75.9 Å². The van der Waals surface area contributed by atoms with Crippen molar-refractivity contribution >= 4 is 39.7 Å². The maximum Gasteiger partial charge on any atom is 0.245 e. The number of thiophene rings is 1. The summed E-state index contributed by atoms with van der Waals surface area (Å²) in [6, 6.07) is 19.3. The molecule has 1 atom stereocenters. The van der Waals surface area contributed by atoms with Gasteiger partial charge in [0.25, 0.3) is 0 Å². The predicted octanol–water partition coefficient (Wildman–Crippen LogP) is 5.69. The van der Waals surface area contributed by atoms with Crippen molar-refractivity contribution < 1.29 is 4.79 Å². The van der Waals surface area contributed by atoms with Crippen LogP contribution in [0.2, 0.25) is 5.02 Å². The fourth-order valence-electron chi connectivity index (χ4n) is 3.33. The topological polar surface area (TPSA) is 46.9 Å². The summed E-state index contributed by atoms with van der Waals surface area (Å²) in [5.74, 6) is -0.0325. The summed E-state index contributed by atoms with van der Waals surface area (Å²) in [6.45, 7) is 2.53. The Morgan fingerprint density at radius 1 is 1.18 bits per heavy atom. The molecule has 0 unspecified atom stereocenters. The molecule has 0 aliphatic heterocycles. The van der Waals surface area contributed by atoms with E-state index in [2.05, 4.69) is 5.32 Å². The van der Waals surface area contributed by atoms with Crippen molar-refractivity contribution in [2.75, 3.05) is 0 Å². The van der Waals surface area contributed by atoms with Gasteiger partial charge in [-0.05, 0) is 36.1 Å². The molecule has 0 aliphatic rings. The first-order chi connectivity index (χ1) is 13.7. The number of hydrogen-bond donors (Lipinski definition) is 1. The lowest BCUT2D eigenvalue weighted by atomic mass is 10.1. The maximum absolute atomic E-state index is 12.9. The molecule has 1 amide bonds. The second-order valence-electron chi connectivity index (χ2n) is 6.54. The minimum atomic E-state index is -0.388. The highest BCUT2D eigenvalue weighted by molar-refractivity contribution is 7.09. The van der Waals surface area contributed by atoms with Gasteiger partial charge in [-0.2, -0.15) is 5.10 Å². The number of nitrogens with zero attached hydrogens (tertiary/aromatic N) is 2. The molecule has 0 radical (unpaired) electrons. The van der Waals surface area contributed by atoms with E-state index in [-0.39, 0.29) is 11.9 Å². The van der Waals surface area contributed by atoms with Crippen molar-refractivity contribution in [1.29, 1.82) is 0 Å². The minimum absolute atomic E-state index is 0.0325. The molecule has 6 heteroatoms. The van der Waals surface area contributed by atoms with Crippen LogP contribution in [0, 0.1) is 0 Å². The SMILES string of the molecule is CC[C@H](C(=O)NCc1cccs1)n1nc(-c2ccccc2)c2cc(Cl)ccc21. The fraction of sp³-hybridized carbons (Fsp3) is 0.182. The Kier molecular flexibility index (Phi) is 5.46. The summed E-state index contributed by atoms with van der Waals surface area (Å²) in [7, 11) is 0. The number of carbonyl (C=O) groups excluding carboxylic acids is 1. The van der Waals surface area contributed by atoms with Gasteiger partial charge >= 0.3 is 0 Å². The Balaban J connectivity index is 1.73. The molecule has 2 aromatic carbocycles. The smallest absolute Gasteiger partial charge is 0.245 e. The quantitative estimate of drug-likeness (QED) is 0.445. The van der Waals surface area contributed by atoms with Gasteiger partial charge in [0, 0.05) is 20.8 Å². The number of halogens is 1. The third kappa shape index (κ3) is 3.68. The molecule has 1 N–H and O–H groups in total. The summed E-state index contributed by atoms with van der Waals surface area (Å²) in [4.78, 5) is 14.1. The first-order valence-electron chi connectivity index (χ1n) is 9.20. The van der Waals surface area contributed by atoms with Gasteiger partial charge in [-0.25, -0.2) is 0 Å². The molecule has 2 aromatic heterocycles. The predicted molar refractivity (Wildman–Crippen MR) is 116 cm³/mol. The highest BCUT2D eigenvalue weighted by Crippen LogP contribution is 2.32. The Hall–Kier alpha value is -2.63. The Bertz CT molecular complexity index is 1090. The van der Waals surface area contributed by atoms with Crippen LogP contribution in [0.25, 0.3) is 22.2 Å². The van der Waals surface area contributed by atoms with Crippen LogP contribution in [-0.4, -0.2) is 15.7 Å². The zero-order chi connectivity index (χ0) is 19.5. The third-order valence-electron chi connectivity index (χ3n) is 4.72. The monoisotopic (exact) mass is 409 g/mol. The van der Waals surface area contributed by atoms with Gasteiger partial charge in [0.15, 0.2) is 0 Å². The fourth-order valence-corrected chi connectivity index (χ4v) is 4.15. The van der Waals surface area contributed by atoms with Gasteiger partial charge in [-0.1, -0.05) is 54.9 Å². The molecule has 2 heterocycles. The van der Waals surface area contributed by atoms with E-state index in [1.807, 2.05) is 77.6 Å². The van der Waals surface area contributed by atoms with E-state index in [1.54, 1.807) is 11.3 Å². The maximum atomic E-state index is 12.9. The zero-order valence-corrected chi connectivity index (χ0v) is 17.0. The first-order valence-corrected chi connectivity index (χ1v) is 10.5. The lowest BCUT2D eigenvalue weighted by Gasteiger charge is -2.16. The molecule has 28 heavy (non-hydrogen) atoms. The number of amides is 1. The molecule has 142 valence electrons. The van der Waals surface area contributed by atoms with Crippen LogP contribution in [0.15, 0.2) is 66.0 Å². The molecule has 4 rings (SSSR count). The Morgan fingerprint density at radius 2 is 2.00 bits per heavy atom. The van der Waals surface area contributed by atoms with E-state index >= 15 is 0 Å².